The van der Waals surface area contributed by atoms with Crippen LogP contribution < -0.4 is 11.5 Å². The number of carbonyl (C=O) groups is 1. The number of nitrogens with zero attached hydrogens (tertiary/aromatic N) is 3. The molecule has 166 valence electrons. The largest absolute Gasteiger partial charge is 0.384 e. The molecule has 1 amide bonds. The van der Waals surface area contributed by atoms with Gasteiger partial charge in [0.1, 0.15) is 18.2 Å². The van der Waals surface area contributed by atoms with Crippen LogP contribution in [0, 0.1) is 12.7 Å². The molecule has 8 heteroatoms. The quantitative estimate of drug-likeness (QED) is 0.479. The van der Waals surface area contributed by atoms with Gasteiger partial charge in [-0.3, -0.25) is 9.79 Å². The SMILES string of the molecule is CC(N)=O.Cc1noc2c1-c1ccc(-c3ccc(N)nc3)cc1C(c1ccc(F)cc1)=NC2. The lowest BCUT2D eigenvalue weighted by Crippen LogP contribution is -2.05. The van der Waals surface area contributed by atoms with Gasteiger partial charge >= 0.3 is 0 Å². The maximum atomic E-state index is 13.5. The summed E-state index contributed by atoms with van der Waals surface area (Å²) in [6, 6.07) is 16.3. The first-order valence-electron chi connectivity index (χ1n) is 10.2. The average molecular weight is 443 g/mol. The van der Waals surface area contributed by atoms with Crippen molar-refractivity contribution in [2.24, 2.45) is 10.7 Å². The van der Waals surface area contributed by atoms with Gasteiger partial charge in [-0.2, -0.15) is 0 Å². The van der Waals surface area contributed by atoms with E-state index >= 15 is 0 Å². The number of rotatable bonds is 2. The molecule has 33 heavy (non-hydrogen) atoms. The van der Waals surface area contributed by atoms with Crippen molar-refractivity contribution in [2.45, 2.75) is 20.4 Å². The maximum absolute atomic E-state index is 13.5. The summed E-state index contributed by atoms with van der Waals surface area (Å²) >= 11 is 0. The van der Waals surface area contributed by atoms with Crippen molar-refractivity contribution in [3.8, 4) is 22.3 Å². The third-order valence-electron chi connectivity index (χ3n) is 5.10. The Morgan fingerprint density at radius 2 is 1.67 bits per heavy atom. The van der Waals surface area contributed by atoms with E-state index in [1.54, 1.807) is 24.4 Å². The molecule has 0 atom stereocenters. The molecule has 7 nitrogen and oxygen atoms in total. The number of aromatic nitrogens is 2. The number of carbonyl (C=O) groups excluding carboxylic acids is 1. The van der Waals surface area contributed by atoms with Crippen LogP contribution in [0.2, 0.25) is 0 Å². The second kappa shape index (κ2) is 9.04. The van der Waals surface area contributed by atoms with Gasteiger partial charge < -0.3 is 16.0 Å². The molecule has 1 aliphatic heterocycles. The van der Waals surface area contributed by atoms with E-state index in [4.69, 9.17) is 15.2 Å². The summed E-state index contributed by atoms with van der Waals surface area (Å²) in [6.45, 7) is 3.60. The molecule has 0 fully saturated rings. The fourth-order valence-corrected chi connectivity index (χ4v) is 3.67. The Bertz CT molecular complexity index is 1340. The van der Waals surface area contributed by atoms with E-state index in [2.05, 4.69) is 28.0 Å². The second-order valence-electron chi connectivity index (χ2n) is 7.58. The number of aliphatic imine (C=N–C) groups is 1. The number of benzene rings is 2. The van der Waals surface area contributed by atoms with Crippen molar-refractivity contribution in [3.05, 3.63) is 89.2 Å². The first kappa shape index (κ1) is 21.9. The number of anilines is 1. The molecule has 0 bridgehead atoms. The second-order valence-corrected chi connectivity index (χ2v) is 7.58. The lowest BCUT2D eigenvalue weighted by molar-refractivity contribution is -0.115. The number of nitrogen functional groups attached to an aromatic ring is 1. The predicted molar refractivity (Wildman–Crippen MR) is 125 cm³/mol. The number of pyridine rings is 1. The van der Waals surface area contributed by atoms with Gasteiger partial charge in [-0.25, -0.2) is 9.37 Å². The highest BCUT2D eigenvalue weighted by Crippen LogP contribution is 2.37. The van der Waals surface area contributed by atoms with Crippen molar-refractivity contribution >= 4 is 17.4 Å². The smallest absolute Gasteiger partial charge is 0.214 e. The summed E-state index contributed by atoms with van der Waals surface area (Å²) in [5, 5.41) is 4.12. The van der Waals surface area contributed by atoms with E-state index in [0.717, 1.165) is 50.5 Å². The van der Waals surface area contributed by atoms with E-state index in [1.807, 2.05) is 19.1 Å². The van der Waals surface area contributed by atoms with Crippen LogP contribution in [-0.4, -0.2) is 21.8 Å². The minimum absolute atomic E-state index is 0.281. The summed E-state index contributed by atoms with van der Waals surface area (Å²) in [7, 11) is 0. The number of halogens is 1. The number of hydrogen-bond donors (Lipinski definition) is 2. The molecular formula is C25H22FN5O2. The zero-order valence-corrected chi connectivity index (χ0v) is 18.2. The Morgan fingerprint density at radius 3 is 2.33 bits per heavy atom. The molecule has 4 N–H and O–H groups in total. The molecule has 0 unspecified atom stereocenters. The molecule has 4 aromatic rings. The normalized spacial score (nSPS) is 11.9. The summed E-state index contributed by atoms with van der Waals surface area (Å²) < 4.78 is 19.0. The third-order valence-corrected chi connectivity index (χ3v) is 5.10. The van der Waals surface area contributed by atoms with Crippen molar-refractivity contribution in [2.75, 3.05) is 5.73 Å². The molecule has 0 radical (unpaired) electrons. The van der Waals surface area contributed by atoms with E-state index < -0.39 is 0 Å². The number of amides is 1. The first-order valence-corrected chi connectivity index (χ1v) is 10.2. The molecular weight excluding hydrogens is 421 g/mol. The minimum atomic E-state index is -0.333. The van der Waals surface area contributed by atoms with Crippen molar-refractivity contribution in [1.82, 2.24) is 10.1 Å². The number of aryl methyl sites for hydroxylation is 1. The molecule has 0 aliphatic carbocycles. The van der Waals surface area contributed by atoms with Crippen LogP contribution in [-0.2, 0) is 11.3 Å². The molecule has 3 heterocycles. The van der Waals surface area contributed by atoms with E-state index in [9.17, 15) is 9.18 Å². The van der Waals surface area contributed by atoms with Gasteiger partial charge in [0.15, 0.2) is 5.76 Å². The first-order chi connectivity index (χ1) is 15.8. The van der Waals surface area contributed by atoms with E-state index in [1.165, 1.54) is 19.1 Å². The van der Waals surface area contributed by atoms with E-state index in [0.29, 0.717) is 12.4 Å². The highest BCUT2D eigenvalue weighted by Gasteiger charge is 2.24. The summed E-state index contributed by atoms with van der Waals surface area (Å²) in [5.74, 6) is 0.585. The number of fused-ring (bicyclic) bond motifs is 3. The van der Waals surface area contributed by atoms with Crippen LogP contribution in [0.25, 0.3) is 22.3 Å². The van der Waals surface area contributed by atoms with Crippen LogP contribution in [0.4, 0.5) is 10.2 Å². The highest BCUT2D eigenvalue weighted by atomic mass is 19.1. The predicted octanol–water partition coefficient (Wildman–Crippen LogP) is 4.28. The van der Waals surface area contributed by atoms with Gasteiger partial charge in [-0.05, 0) is 60.5 Å². The average Bonchev–Trinajstić information content (AvgIpc) is 3.06. The number of primary amides is 1. The monoisotopic (exact) mass is 443 g/mol. The lowest BCUT2D eigenvalue weighted by Gasteiger charge is -2.13. The molecule has 5 rings (SSSR count). The summed E-state index contributed by atoms with van der Waals surface area (Å²) in [4.78, 5) is 18.2. The zero-order chi connectivity index (χ0) is 23.5. The highest BCUT2D eigenvalue weighted by molar-refractivity contribution is 6.17. The summed E-state index contributed by atoms with van der Waals surface area (Å²) in [5.41, 5.74) is 17.5. The zero-order valence-electron chi connectivity index (χ0n) is 18.2. The standard InChI is InChI=1S/C23H17FN4O.C2H5NO/c1-13-22-18-8-4-15(16-5-9-21(25)26-11-16)10-19(18)23(27-12-20(22)29-28-13)14-2-6-17(24)7-3-14;1-2(3)4/h2-11H,12H2,1H3,(H2,25,26);1H3,(H2,3,4). The Kier molecular flexibility index (Phi) is 5.99. The molecule has 2 aromatic heterocycles. The molecule has 0 spiro atoms. The van der Waals surface area contributed by atoms with Crippen LogP contribution >= 0.6 is 0 Å². The van der Waals surface area contributed by atoms with Crippen LogP contribution in [0.15, 0.2) is 70.3 Å². The van der Waals surface area contributed by atoms with Gasteiger partial charge in [-0.15, -0.1) is 0 Å². The fraction of sp³-hybridized carbons (Fsp3) is 0.120. The molecule has 0 saturated carbocycles. The Morgan fingerprint density at radius 1 is 1.00 bits per heavy atom. The Hall–Kier alpha value is -4.33. The van der Waals surface area contributed by atoms with Crippen molar-refractivity contribution in [3.63, 3.8) is 0 Å². The maximum Gasteiger partial charge on any atom is 0.214 e. The molecule has 2 aromatic carbocycles. The topological polar surface area (TPSA) is 120 Å². The third kappa shape index (κ3) is 4.64. The number of hydrogen-bond acceptors (Lipinski definition) is 6. The van der Waals surface area contributed by atoms with Crippen LogP contribution in [0.3, 0.4) is 0 Å². The Balaban J connectivity index is 0.000000601. The van der Waals surface area contributed by atoms with Crippen molar-refractivity contribution in [1.29, 1.82) is 0 Å². The van der Waals surface area contributed by atoms with Gasteiger partial charge in [-0.1, -0.05) is 17.3 Å². The van der Waals surface area contributed by atoms with Gasteiger partial charge in [0.25, 0.3) is 0 Å². The minimum Gasteiger partial charge on any atom is -0.384 e. The van der Waals surface area contributed by atoms with Crippen LogP contribution in [0.1, 0.15) is 29.5 Å². The van der Waals surface area contributed by atoms with Gasteiger partial charge in [0.05, 0.1) is 17.0 Å². The van der Waals surface area contributed by atoms with Gasteiger partial charge in [0, 0.05) is 29.8 Å². The van der Waals surface area contributed by atoms with Crippen LogP contribution in [0.5, 0.6) is 0 Å². The Labute approximate surface area is 190 Å². The lowest BCUT2D eigenvalue weighted by atomic mass is 9.90. The van der Waals surface area contributed by atoms with Crippen molar-refractivity contribution < 1.29 is 13.7 Å². The molecule has 0 saturated heterocycles. The van der Waals surface area contributed by atoms with E-state index in [-0.39, 0.29) is 11.7 Å². The fourth-order valence-electron chi connectivity index (χ4n) is 3.67. The van der Waals surface area contributed by atoms with Gasteiger partial charge in [0.2, 0.25) is 5.91 Å². The number of nitrogens with two attached hydrogens (primary N) is 2. The summed E-state index contributed by atoms with van der Waals surface area (Å²) in [6.07, 6.45) is 1.75. The molecule has 1 aliphatic rings.